The molecule has 1 aromatic rings. The first-order chi connectivity index (χ1) is 6.93. The predicted molar refractivity (Wildman–Crippen MR) is 66.4 cm³/mol. The minimum absolute atomic E-state index is 1.09. The van der Waals surface area contributed by atoms with Crippen LogP contribution in [0.15, 0.2) is 41.8 Å². The van der Waals surface area contributed by atoms with Crippen molar-refractivity contribution in [2.75, 3.05) is 0 Å². The second-order valence-corrected chi connectivity index (χ2v) is 4.20. The standard InChI is InChI=1S/C13H18S/c1-2-3-4-8-11-14-12-13-9-6-5-7-10-13/h5-11H,2-4,12H2,1H3/b11-8-. The van der Waals surface area contributed by atoms with Crippen LogP contribution in [0.4, 0.5) is 0 Å². The molecule has 1 heteroatoms. The highest BCUT2D eigenvalue weighted by Gasteiger charge is 1.87. The van der Waals surface area contributed by atoms with Gasteiger partial charge in [0, 0.05) is 5.75 Å². The number of unbranched alkanes of at least 4 members (excludes halogenated alkanes) is 2. The van der Waals surface area contributed by atoms with Crippen LogP contribution in [0.5, 0.6) is 0 Å². The van der Waals surface area contributed by atoms with Crippen molar-refractivity contribution in [2.24, 2.45) is 0 Å². The first kappa shape index (κ1) is 11.4. The molecule has 14 heavy (non-hydrogen) atoms. The summed E-state index contributed by atoms with van der Waals surface area (Å²) in [6, 6.07) is 10.6. The van der Waals surface area contributed by atoms with E-state index >= 15 is 0 Å². The number of hydrogen-bond acceptors (Lipinski definition) is 1. The van der Waals surface area contributed by atoms with Crippen LogP contribution in [0.3, 0.4) is 0 Å². The molecular weight excluding hydrogens is 188 g/mol. The molecule has 0 spiro atoms. The van der Waals surface area contributed by atoms with Gasteiger partial charge in [-0.05, 0) is 17.4 Å². The number of allylic oxidation sites excluding steroid dienone is 1. The summed E-state index contributed by atoms with van der Waals surface area (Å²) in [7, 11) is 0. The van der Waals surface area contributed by atoms with Crippen LogP contribution < -0.4 is 0 Å². The average Bonchev–Trinajstić information content (AvgIpc) is 2.25. The summed E-state index contributed by atoms with van der Waals surface area (Å²) in [4.78, 5) is 0. The quantitative estimate of drug-likeness (QED) is 0.612. The SMILES string of the molecule is CCCC/C=C\SCc1ccccc1. The van der Waals surface area contributed by atoms with E-state index in [0.29, 0.717) is 0 Å². The Labute approximate surface area is 91.4 Å². The van der Waals surface area contributed by atoms with E-state index < -0.39 is 0 Å². The van der Waals surface area contributed by atoms with Crippen LogP contribution in [0.25, 0.3) is 0 Å². The molecule has 0 bridgehead atoms. The van der Waals surface area contributed by atoms with E-state index in [-0.39, 0.29) is 0 Å². The average molecular weight is 206 g/mol. The third-order valence-electron chi connectivity index (χ3n) is 2.01. The molecule has 0 nitrogen and oxygen atoms in total. The molecule has 1 aromatic carbocycles. The Morgan fingerprint density at radius 1 is 1.21 bits per heavy atom. The predicted octanol–water partition coefficient (Wildman–Crippen LogP) is 4.62. The molecule has 0 unspecified atom stereocenters. The van der Waals surface area contributed by atoms with Gasteiger partial charge in [-0.15, -0.1) is 11.8 Å². The molecule has 0 aromatic heterocycles. The van der Waals surface area contributed by atoms with E-state index in [1.807, 2.05) is 11.8 Å². The van der Waals surface area contributed by atoms with E-state index in [0.717, 1.165) is 5.75 Å². The van der Waals surface area contributed by atoms with Gasteiger partial charge in [0.25, 0.3) is 0 Å². The van der Waals surface area contributed by atoms with Crippen molar-refractivity contribution in [1.29, 1.82) is 0 Å². The highest BCUT2D eigenvalue weighted by Crippen LogP contribution is 2.13. The molecule has 0 fully saturated rings. The highest BCUT2D eigenvalue weighted by atomic mass is 32.2. The maximum absolute atomic E-state index is 2.27. The lowest BCUT2D eigenvalue weighted by Gasteiger charge is -1.96. The zero-order valence-electron chi connectivity index (χ0n) is 8.78. The lowest BCUT2D eigenvalue weighted by atomic mass is 10.2. The van der Waals surface area contributed by atoms with Gasteiger partial charge in [0.2, 0.25) is 0 Å². The molecule has 0 aliphatic heterocycles. The van der Waals surface area contributed by atoms with Crippen molar-refractivity contribution in [1.82, 2.24) is 0 Å². The summed E-state index contributed by atoms with van der Waals surface area (Å²) in [6.07, 6.45) is 6.09. The van der Waals surface area contributed by atoms with Crippen molar-refractivity contribution in [2.45, 2.75) is 31.9 Å². The molecule has 0 heterocycles. The topological polar surface area (TPSA) is 0 Å². The monoisotopic (exact) mass is 206 g/mol. The Balaban J connectivity index is 2.12. The van der Waals surface area contributed by atoms with Gasteiger partial charge in [-0.3, -0.25) is 0 Å². The van der Waals surface area contributed by atoms with Gasteiger partial charge in [-0.2, -0.15) is 0 Å². The van der Waals surface area contributed by atoms with E-state index in [1.165, 1.54) is 24.8 Å². The summed E-state index contributed by atoms with van der Waals surface area (Å²) in [5.74, 6) is 1.09. The van der Waals surface area contributed by atoms with Gasteiger partial charge in [0.1, 0.15) is 0 Å². The summed E-state index contributed by atoms with van der Waals surface area (Å²) >= 11 is 1.88. The van der Waals surface area contributed by atoms with Crippen LogP contribution in [0.2, 0.25) is 0 Å². The molecule has 1 rings (SSSR count). The Bertz CT molecular complexity index is 251. The minimum atomic E-state index is 1.09. The fraction of sp³-hybridized carbons (Fsp3) is 0.385. The summed E-state index contributed by atoms with van der Waals surface area (Å²) in [5, 5.41) is 2.22. The molecular formula is C13H18S. The first-order valence-corrected chi connectivity index (χ1v) is 6.29. The van der Waals surface area contributed by atoms with E-state index in [9.17, 15) is 0 Å². The van der Waals surface area contributed by atoms with Crippen molar-refractivity contribution in [3.8, 4) is 0 Å². The molecule has 0 aliphatic rings. The number of benzene rings is 1. The number of rotatable bonds is 6. The van der Waals surface area contributed by atoms with Gasteiger partial charge in [0.15, 0.2) is 0 Å². The molecule has 76 valence electrons. The van der Waals surface area contributed by atoms with Crippen molar-refractivity contribution < 1.29 is 0 Å². The van der Waals surface area contributed by atoms with Gasteiger partial charge < -0.3 is 0 Å². The number of thioether (sulfide) groups is 1. The molecule has 0 saturated carbocycles. The fourth-order valence-electron chi connectivity index (χ4n) is 1.18. The largest absolute Gasteiger partial charge is 0.130 e. The highest BCUT2D eigenvalue weighted by molar-refractivity contribution is 8.01. The second-order valence-electron chi connectivity index (χ2n) is 3.31. The molecule has 0 saturated heterocycles. The van der Waals surface area contributed by atoms with Crippen molar-refractivity contribution in [3.63, 3.8) is 0 Å². The Hall–Kier alpha value is -0.690. The van der Waals surface area contributed by atoms with Gasteiger partial charge >= 0.3 is 0 Å². The molecule has 0 radical (unpaired) electrons. The zero-order valence-corrected chi connectivity index (χ0v) is 9.59. The van der Waals surface area contributed by atoms with Crippen LogP contribution in [0.1, 0.15) is 31.7 Å². The zero-order chi connectivity index (χ0) is 10.1. The van der Waals surface area contributed by atoms with Gasteiger partial charge in [0.05, 0.1) is 0 Å². The van der Waals surface area contributed by atoms with Crippen LogP contribution in [-0.4, -0.2) is 0 Å². The van der Waals surface area contributed by atoms with Crippen molar-refractivity contribution >= 4 is 11.8 Å². The van der Waals surface area contributed by atoms with E-state index in [2.05, 4.69) is 48.7 Å². The lowest BCUT2D eigenvalue weighted by molar-refractivity contribution is 0.815. The minimum Gasteiger partial charge on any atom is -0.130 e. The van der Waals surface area contributed by atoms with Crippen LogP contribution in [-0.2, 0) is 5.75 Å². The first-order valence-electron chi connectivity index (χ1n) is 5.24. The molecule has 0 atom stereocenters. The maximum atomic E-state index is 2.27. The molecule has 0 N–H and O–H groups in total. The summed E-state index contributed by atoms with van der Waals surface area (Å²) < 4.78 is 0. The smallest absolute Gasteiger partial charge is 0.0225 e. The number of hydrogen-bond donors (Lipinski definition) is 0. The third-order valence-corrected chi connectivity index (χ3v) is 2.89. The molecule has 0 aliphatic carbocycles. The molecule has 0 amide bonds. The Kier molecular flexibility index (Phi) is 6.25. The van der Waals surface area contributed by atoms with Crippen molar-refractivity contribution in [3.05, 3.63) is 47.4 Å². The van der Waals surface area contributed by atoms with Crippen LogP contribution in [0, 0.1) is 0 Å². The maximum Gasteiger partial charge on any atom is 0.0225 e. The van der Waals surface area contributed by atoms with Gasteiger partial charge in [-0.1, -0.05) is 56.2 Å². The normalized spacial score (nSPS) is 10.9. The lowest BCUT2D eigenvalue weighted by Crippen LogP contribution is -1.75. The Morgan fingerprint density at radius 3 is 2.71 bits per heavy atom. The fourth-order valence-corrected chi connectivity index (χ4v) is 1.93. The third kappa shape index (κ3) is 5.13. The van der Waals surface area contributed by atoms with Gasteiger partial charge in [-0.25, -0.2) is 0 Å². The van der Waals surface area contributed by atoms with Crippen LogP contribution >= 0.6 is 11.8 Å². The Morgan fingerprint density at radius 2 is 2.00 bits per heavy atom. The summed E-state index contributed by atoms with van der Waals surface area (Å²) in [6.45, 7) is 2.23. The summed E-state index contributed by atoms with van der Waals surface area (Å²) in [5.41, 5.74) is 1.40. The van der Waals surface area contributed by atoms with E-state index in [4.69, 9.17) is 0 Å². The second kappa shape index (κ2) is 7.69. The van der Waals surface area contributed by atoms with E-state index in [1.54, 1.807) is 0 Å².